The van der Waals surface area contributed by atoms with Gasteiger partial charge in [0.05, 0.1) is 6.61 Å². The Morgan fingerprint density at radius 3 is 3.07 bits per heavy atom. The monoisotopic (exact) mass is 269 g/mol. The van der Waals surface area contributed by atoms with Gasteiger partial charge in [0.2, 0.25) is 0 Å². The molecule has 0 aromatic heterocycles. The van der Waals surface area contributed by atoms with Crippen molar-refractivity contribution in [2.45, 2.75) is 25.8 Å². The number of hydrogen-bond acceptors (Lipinski definition) is 2. The van der Waals surface area contributed by atoms with E-state index < -0.39 is 0 Å². The SMILES string of the molecule is Cc1c(Br)cccc1NC1CCCOC1. The molecule has 0 saturated carbocycles. The molecule has 1 aliphatic heterocycles. The number of benzene rings is 1. The van der Waals surface area contributed by atoms with E-state index in [2.05, 4.69) is 46.4 Å². The van der Waals surface area contributed by atoms with Gasteiger partial charge in [-0.25, -0.2) is 0 Å². The first kappa shape index (κ1) is 11.0. The summed E-state index contributed by atoms with van der Waals surface area (Å²) in [6, 6.07) is 6.71. The fourth-order valence-electron chi connectivity index (χ4n) is 1.84. The van der Waals surface area contributed by atoms with Crippen molar-refractivity contribution >= 4 is 21.6 Å². The quantitative estimate of drug-likeness (QED) is 0.889. The molecule has 1 fully saturated rings. The second-order valence-corrected chi connectivity index (χ2v) is 4.83. The van der Waals surface area contributed by atoms with Gasteiger partial charge in [0.1, 0.15) is 0 Å². The minimum Gasteiger partial charge on any atom is -0.380 e. The summed E-state index contributed by atoms with van der Waals surface area (Å²) in [5.41, 5.74) is 2.47. The summed E-state index contributed by atoms with van der Waals surface area (Å²) in [6.07, 6.45) is 2.36. The lowest BCUT2D eigenvalue weighted by Gasteiger charge is -2.25. The van der Waals surface area contributed by atoms with Crippen LogP contribution in [-0.4, -0.2) is 19.3 Å². The molecular formula is C12H16BrNO. The van der Waals surface area contributed by atoms with Crippen LogP contribution in [-0.2, 0) is 4.74 Å². The van der Waals surface area contributed by atoms with Crippen LogP contribution in [0.25, 0.3) is 0 Å². The van der Waals surface area contributed by atoms with E-state index >= 15 is 0 Å². The predicted octanol–water partition coefficient (Wildman–Crippen LogP) is 3.35. The zero-order chi connectivity index (χ0) is 10.7. The first-order valence-electron chi connectivity index (χ1n) is 5.37. The molecule has 1 saturated heterocycles. The van der Waals surface area contributed by atoms with Crippen LogP contribution >= 0.6 is 15.9 Å². The summed E-state index contributed by atoms with van der Waals surface area (Å²) in [7, 11) is 0. The lowest BCUT2D eigenvalue weighted by Crippen LogP contribution is -2.30. The second-order valence-electron chi connectivity index (χ2n) is 3.97. The molecule has 1 aliphatic rings. The van der Waals surface area contributed by atoms with Gasteiger partial charge in [0.25, 0.3) is 0 Å². The molecule has 1 aromatic rings. The smallest absolute Gasteiger partial charge is 0.0667 e. The van der Waals surface area contributed by atoms with Gasteiger partial charge in [0, 0.05) is 22.8 Å². The van der Waals surface area contributed by atoms with Crippen molar-refractivity contribution in [1.29, 1.82) is 0 Å². The van der Waals surface area contributed by atoms with E-state index in [1.165, 1.54) is 17.7 Å². The molecule has 1 aromatic carbocycles. The maximum atomic E-state index is 5.45. The Morgan fingerprint density at radius 1 is 1.47 bits per heavy atom. The molecule has 3 heteroatoms. The lowest BCUT2D eigenvalue weighted by molar-refractivity contribution is 0.0876. The molecule has 0 radical (unpaired) electrons. The Balaban J connectivity index is 2.06. The van der Waals surface area contributed by atoms with E-state index in [9.17, 15) is 0 Å². The van der Waals surface area contributed by atoms with Crippen molar-refractivity contribution in [2.75, 3.05) is 18.5 Å². The van der Waals surface area contributed by atoms with E-state index in [0.717, 1.165) is 24.1 Å². The maximum absolute atomic E-state index is 5.45. The summed E-state index contributed by atoms with van der Waals surface area (Å²) >= 11 is 3.54. The van der Waals surface area contributed by atoms with Crippen molar-refractivity contribution in [3.63, 3.8) is 0 Å². The first-order chi connectivity index (χ1) is 7.27. The summed E-state index contributed by atoms with van der Waals surface area (Å²) in [4.78, 5) is 0. The molecule has 0 aliphatic carbocycles. The topological polar surface area (TPSA) is 21.3 Å². The van der Waals surface area contributed by atoms with Crippen molar-refractivity contribution < 1.29 is 4.74 Å². The molecule has 1 unspecified atom stereocenters. The highest BCUT2D eigenvalue weighted by molar-refractivity contribution is 9.10. The molecule has 15 heavy (non-hydrogen) atoms. The summed E-state index contributed by atoms with van der Waals surface area (Å²) < 4.78 is 6.61. The van der Waals surface area contributed by atoms with Crippen molar-refractivity contribution in [1.82, 2.24) is 0 Å². The third kappa shape index (κ3) is 2.73. The zero-order valence-electron chi connectivity index (χ0n) is 8.92. The van der Waals surface area contributed by atoms with Gasteiger partial charge in [-0.05, 0) is 37.5 Å². The van der Waals surface area contributed by atoms with E-state index in [1.807, 2.05) is 0 Å². The number of nitrogens with one attached hydrogen (secondary N) is 1. The van der Waals surface area contributed by atoms with Crippen LogP contribution in [0.1, 0.15) is 18.4 Å². The average Bonchev–Trinajstić information content (AvgIpc) is 2.26. The first-order valence-corrected chi connectivity index (χ1v) is 6.16. The molecule has 1 atom stereocenters. The standard InChI is InChI=1S/C12H16BrNO/c1-9-11(13)5-2-6-12(9)14-10-4-3-7-15-8-10/h2,5-6,10,14H,3-4,7-8H2,1H3. The Labute approximate surface area is 99.1 Å². The van der Waals surface area contributed by atoms with Gasteiger partial charge in [-0.2, -0.15) is 0 Å². The third-order valence-electron chi connectivity index (χ3n) is 2.79. The number of rotatable bonds is 2. The largest absolute Gasteiger partial charge is 0.380 e. The lowest BCUT2D eigenvalue weighted by atomic mass is 10.1. The normalized spacial score (nSPS) is 21.3. The van der Waals surface area contributed by atoms with Gasteiger partial charge in [0.15, 0.2) is 0 Å². The molecule has 0 amide bonds. The van der Waals surface area contributed by atoms with E-state index in [1.54, 1.807) is 0 Å². The minimum absolute atomic E-state index is 0.465. The zero-order valence-corrected chi connectivity index (χ0v) is 10.5. The summed E-state index contributed by atoms with van der Waals surface area (Å²) in [5.74, 6) is 0. The molecule has 0 spiro atoms. The van der Waals surface area contributed by atoms with Crippen LogP contribution in [0.15, 0.2) is 22.7 Å². The molecule has 82 valence electrons. The van der Waals surface area contributed by atoms with Crippen molar-refractivity contribution in [3.05, 3.63) is 28.2 Å². The van der Waals surface area contributed by atoms with Gasteiger partial charge < -0.3 is 10.1 Å². The third-order valence-corrected chi connectivity index (χ3v) is 3.65. The molecule has 1 heterocycles. The number of anilines is 1. The van der Waals surface area contributed by atoms with E-state index in [0.29, 0.717) is 6.04 Å². The molecule has 0 bridgehead atoms. The number of hydrogen-bond donors (Lipinski definition) is 1. The van der Waals surface area contributed by atoms with Gasteiger partial charge in [-0.15, -0.1) is 0 Å². The van der Waals surface area contributed by atoms with Crippen molar-refractivity contribution in [2.24, 2.45) is 0 Å². The minimum atomic E-state index is 0.465. The Morgan fingerprint density at radius 2 is 2.33 bits per heavy atom. The van der Waals surface area contributed by atoms with Crippen LogP contribution in [0, 0.1) is 6.92 Å². The second kappa shape index (κ2) is 4.99. The fraction of sp³-hybridized carbons (Fsp3) is 0.500. The number of ether oxygens (including phenoxy) is 1. The van der Waals surface area contributed by atoms with Gasteiger partial charge >= 0.3 is 0 Å². The van der Waals surface area contributed by atoms with Crippen molar-refractivity contribution in [3.8, 4) is 0 Å². The number of halogens is 1. The van der Waals surface area contributed by atoms with Crippen LogP contribution in [0.3, 0.4) is 0 Å². The predicted molar refractivity (Wildman–Crippen MR) is 66.3 cm³/mol. The summed E-state index contributed by atoms with van der Waals surface area (Å²) in [6.45, 7) is 3.86. The highest BCUT2D eigenvalue weighted by Gasteiger charge is 2.14. The van der Waals surface area contributed by atoms with E-state index in [4.69, 9.17) is 4.74 Å². The van der Waals surface area contributed by atoms with Crippen LogP contribution in [0.5, 0.6) is 0 Å². The Hall–Kier alpha value is -0.540. The molecule has 2 rings (SSSR count). The Kier molecular flexibility index (Phi) is 3.65. The average molecular weight is 270 g/mol. The molecule has 1 N–H and O–H groups in total. The highest BCUT2D eigenvalue weighted by Crippen LogP contribution is 2.25. The maximum Gasteiger partial charge on any atom is 0.0667 e. The van der Waals surface area contributed by atoms with Crippen LogP contribution < -0.4 is 5.32 Å². The van der Waals surface area contributed by atoms with E-state index in [-0.39, 0.29) is 0 Å². The molecule has 2 nitrogen and oxygen atoms in total. The van der Waals surface area contributed by atoms with Crippen LogP contribution in [0.2, 0.25) is 0 Å². The highest BCUT2D eigenvalue weighted by atomic mass is 79.9. The molecular weight excluding hydrogens is 254 g/mol. The van der Waals surface area contributed by atoms with Gasteiger partial charge in [-0.3, -0.25) is 0 Å². The van der Waals surface area contributed by atoms with Gasteiger partial charge in [-0.1, -0.05) is 22.0 Å². The van der Waals surface area contributed by atoms with Crippen LogP contribution in [0.4, 0.5) is 5.69 Å². The Bertz CT molecular complexity index is 334. The fourth-order valence-corrected chi connectivity index (χ4v) is 2.20. The summed E-state index contributed by atoms with van der Waals surface area (Å²) in [5, 5.41) is 3.53.